The molecule has 0 aromatic rings. The van der Waals surface area contributed by atoms with Gasteiger partial charge in [0.1, 0.15) is 0 Å². The summed E-state index contributed by atoms with van der Waals surface area (Å²) >= 11 is 0. The predicted molar refractivity (Wildman–Crippen MR) is 68.9 cm³/mol. The Kier molecular flexibility index (Phi) is 4.80. The summed E-state index contributed by atoms with van der Waals surface area (Å²) in [5, 5.41) is 6.46. The van der Waals surface area contributed by atoms with E-state index in [1.54, 1.807) is 0 Å². The van der Waals surface area contributed by atoms with Crippen LogP contribution in [0, 0.1) is 0 Å². The second-order valence-corrected chi connectivity index (χ2v) is 5.41. The Morgan fingerprint density at radius 1 is 1.18 bits per heavy atom. The molecule has 0 spiro atoms. The fourth-order valence-electron chi connectivity index (χ4n) is 2.98. The van der Waals surface area contributed by atoms with E-state index in [1.807, 2.05) is 7.05 Å². The molecule has 4 nitrogen and oxygen atoms in total. The van der Waals surface area contributed by atoms with Gasteiger partial charge >= 0.3 is 0 Å². The lowest BCUT2D eigenvalue weighted by molar-refractivity contribution is -0.123. The monoisotopic (exact) mass is 239 g/mol. The van der Waals surface area contributed by atoms with E-state index in [0.717, 1.165) is 13.1 Å². The average Bonchev–Trinajstić information content (AvgIpc) is 2.82. The second-order valence-electron chi connectivity index (χ2n) is 5.41. The zero-order valence-corrected chi connectivity index (χ0v) is 10.9. The molecule has 2 fully saturated rings. The summed E-state index contributed by atoms with van der Waals surface area (Å²) in [7, 11) is 2.01. The third-order valence-corrected chi connectivity index (χ3v) is 4.00. The maximum Gasteiger partial charge on any atom is 0.234 e. The van der Waals surface area contributed by atoms with Crippen molar-refractivity contribution in [1.82, 2.24) is 15.5 Å². The van der Waals surface area contributed by atoms with Crippen LogP contribution in [-0.2, 0) is 4.79 Å². The van der Waals surface area contributed by atoms with Gasteiger partial charge in [-0.1, -0.05) is 12.8 Å². The summed E-state index contributed by atoms with van der Waals surface area (Å²) in [6.07, 6.45) is 7.32. The number of nitrogens with zero attached hydrogens (tertiary/aromatic N) is 1. The molecule has 1 aliphatic carbocycles. The molecule has 1 saturated heterocycles. The average molecular weight is 239 g/mol. The maximum absolute atomic E-state index is 11.9. The highest BCUT2D eigenvalue weighted by atomic mass is 16.2. The Hall–Kier alpha value is -0.610. The maximum atomic E-state index is 11.9. The number of carbonyl (C=O) groups excluding carboxylic acids is 1. The van der Waals surface area contributed by atoms with Crippen LogP contribution >= 0.6 is 0 Å². The van der Waals surface area contributed by atoms with Crippen LogP contribution in [0.1, 0.15) is 38.5 Å². The molecule has 1 amide bonds. The number of piperidine rings is 1. The molecule has 1 heterocycles. The predicted octanol–water partition coefficient (Wildman–Crippen LogP) is 0.729. The van der Waals surface area contributed by atoms with Crippen molar-refractivity contribution in [1.29, 1.82) is 0 Å². The van der Waals surface area contributed by atoms with E-state index in [2.05, 4.69) is 15.5 Å². The molecule has 4 heteroatoms. The molecule has 17 heavy (non-hydrogen) atoms. The van der Waals surface area contributed by atoms with Gasteiger partial charge in [0.25, 0.3) is 0 Å². The lowest BCUT2D eigenvalue weighted by Gasteiger charge is -2.32. The van der Waals surface area contributed by atoms with Crippen LogP contribution < -0.4 is 10.6 Å². The fourth-order valence-corrected chi connectivity index (χ4v) is 2.98. The minimum atomic E-state index is 0.216. The SMILES string of the molecule is CNC1CCCN(CC(=O)NC2CCCC2)C1. The van der Waals surface area contributed by atoms with Gasteiger partial charge in [0.15, 0.2) is 0 Å². The number of hydrogen-bond donors (Lipinski definition) is 2. The molecule has 1 unspecified atom stereocenters. The summed E-state index contributed by atoms with van der Waals surface area (Å²) in [6, 6.07) is 1.01. The minimum Gasteiger partial charge on any atom is -0.352 e. The van der Waals surface area contributed by atoms with Gasteiger partial charge in [-0.3, -0.25) is 9.69 Å². The Bertz CT molecular complexity index is 251. The fraction of sp³-hybridized carbons (Fsp3) is 0.923. The summed E-state index contributed by atoms with van der Waals surface area (Å²) < 4.78 is 0. The van der Waals surface area contributed by atoms with E-state index in [1.165, 1.54) is 38.5 Å². The molecule has 2 N–H and O–H groups in total. The summed E-state index contributed by atoms with van der Waals surface area (Å²) in [6.45, 7) is 2.65. The van der Waals surface area contributed by atoms with Crippen molar-refractivity contribution >= 4 is 5.91 Å². The Balaban J connectivity index is 1.70. The first-order chi connectivity index (χ1) is 8.28. The van der Waals surface area contributed by atoms with Crippen LogP contribution in [0.3, 0.4) is 0 Å². The van der Waals surface area contributed by atoms with Gasteiger partial charge in [0.05, 0.1) is 6.54 Å². The van der Waals surface area contributed by atoms with Crippen LogP contribution in [-0.4, -0.2) is 49.6 Å². The largest absolute Gasteiger partial charge is 0.352 e. The topological polar surface area (TPSA) is 44.4 Å². The molecule has 98 valence electrons. The van der Waals surface area contributed by atoms with E-state index >= 15 is 0 Å². The first kappa shape index (κ1) is 12.8. The van der Waals surface area contributed by atoms with Crippen molar-refractivity contribution in [3.05, 3.63) is 0 Å². The van der Waals surface area contributed by atoms with Crippen molar-refractivity contribution in [2.24, 2.45) is 0 Å². The quantitative estimate of drug-likeness (QED) is 0.760. The van der Waals surface area contributed by atoms with Crippen LogP contribution in [0.15, 0.2) is 0 Å². The highest BCUT2D eigenvalue weighted by Crippen LogP contribution is 2.17. The lowest BCUT2D eigenvalue weighted by atomic mass is 10.1. The summed E-state index contributed by atoms with van der Waals surface area (Å²) in [4.78, 5) is 14.2. The number of amides is 1. The van der Waals surface area contributed by atoms with Gasteiger partial charge in [0.2, 0.25) is 5.91 Å². The van der Waals surface area contributed by atoms with E-state index in [9.17, 15) is 4.79 Å². The number of likely N-dealkylation sites (tertiary alicyclic amines) is 1. The molecule has 1 saturated carbocycles. The van der Waals surface area contributed by atoms with E-state index in [4.69, 9.17) is 0 Å². The van der Waals surface area contributed by atoms with Gasteiger partial charge in [-0.05, 0) is 39.3 Å². The molecule has 2 aliphatic rings. The second kappa shape index (κ2) is 6.36. The molecule has 0 aromatic carbocycles. The molecule has 0 aromatic heterocycles. The van der Waals surface area contributed by atoms with Crippen molar-refractivity contribution in [2.75, 3.05) is 26.7 Å². The normalized spacial score (nSPS) is 27.2. The molecular weight excluding hydrogens is 214 g/mol. The Labute approximate surface area is 104 Å². The lowest BCUT2D eigenvalue weighted by Crippen LogP contribution is -2.48. The number of carbonyl (C=O) groups is 1. The highest BCUT2D eigenvalue weighted by molar-refractivity contribution is 5.78. The zero-order valence-electron chi connectivity index (χ0n) is 10.9. The molecule has 0 radical (unpaired) electrons. The standard InChI is InChI=1S/C13H25N3O/c1-14-12-7-4-8-16(9-12)10-13(17)15-11-5-2-3-6-11/h11-12,14H,2-10H2,1H3,(H,15,17). The molecule has 1 atom stereocenters. The molecule has 0 bridgehead atoms. The van der Waals surface area contributed by atoms with Gasteiger partial charge in [-0.25, -0.2) is 0 Å². The first-order valence-corrected chi connectivity index (χ1v) is 6.97. The van der Waals surface area contributed by atoms with Gasteiger partial charge in [-0.15, -0.1) is 0 Å². The van der Waals surface area contributed by atoms with Gasteiger partial charge in [0, 0.05) is 18.6 Å². The van der Waals surface area contributed by atoms with Crippen molar-refractivity contribution in [3.8, 4) is 0 Å². The zero-order chi connectivity index (χ0) is 12.1. The van der Waals surface area contributed by atoms with E-state index in [-0.39, 0.29) is 5.91 Å². The minimum absolute atomic E-state index is 0.216. The van der Waals surface area contributed by atoms with E-state index < -0.39 is 0 Å². The number of nitrogens with one attached hydrogen (secondary N) is 2. The molecule has 1 aliphatic heterocycles. The van der Waals surface area contributed by atoms with Crippen LogP contribution in [0.25, 0.3) is 0 Å². The van der Waals surface area contributed by atoms with Crippen LogP contribution in [0.2, 0.25) is 0 Å². The van der Waals surface area contributed by atoms with Gasteiger partial charge < -0.3 is 10.6 Å². The smallest absolute Gasteiger partial charge is 0.234 e. The number of hydrogen-bond acceptors (Lipinski definition) is 3. The van der Waals surface area contributed by atoms with Crippen molar-refractivity contribution < 1.29 is 4.79 Å². The van der Waals surface area contributed by atoms with Crippen molar-refractivity contribution in [3.63, 3.8) is 0 Å². The summed E-state index contributed by atoms with van der Waals surface area (Å²) in [5.41, 5.74) is 0. The van der Waals surface area contributed by atoms with E-state index in [0.29, 0.717) is 18.6 Å². The molecule has 2 rings (SSSR count). The third-order valence-electron chi connectivity index (χ3n) is 4.00. The van der Waals surface area contributed by atoms with Crippen molar-refractivity contribution in [2.45, 2.75) is 50.6 Å². The number of rotatable bonds is 4. The van der Waals surface area contributed by atoms with Crippen LogP contribution in [0.5, 0.6) is 0 Å². The number of likely N-dealkylation sites (N-methyl/N-ethyl adjacent to an activating group) is 1. The third kappa shape index (κ3) is 3.96. The first-order valence-electron chi connectivity index (χ1n) is 6.97. The molecular formula is C13H25N3O. The highest BCUT2D eigenvalue weighted by Gasteiger charge is 2.22. The summed E-state index contributed by atoms with van der Waals surface area (Å²) in [5.74, 6) is 0.216. The Morgan fingerprint density at radius 2 is 1.88 bits per heavy atom. The van der Waals surface area contributed by atoms with Crippen LogP contribution in [0.4, 0.5) is 0 Å². The van der Waals surface area contributed by atoms with Gasteiger partial charge in [-0.2, -0.15) is 0 Å². The Morgan fingerprint density at radius 3 is 2.59 bits per heavy atom.